The maximum absolute atomic E-state index is 11.9. The van der Waals surface area contributed by atoms with Gasteiger partial charge in [0.25, 0.3) is 0 Å². The molecular formula is C15H24N4O. The van der Waals surface area contributed by atoms with Gasteiger partial charge in [-0.15, -0.1) is 0 Å². The standard InChI is InChI=1S/C15H24N4O/c1-16-14-6-4-5-13(11-14)12-18-7-9-19(10-8-18)15(20)17(2)3/h4-6,11,16H,7-10,12H2,1-3H3. The van der Waals surface area contributed by atoms with Gasteiger partial charge in [-0.1, -0.05) is 12.1 Å². The number of urea groups is 1. The first-order valence-electron chi connectivity index (χ1n) is 7.05. The van der Waals surface area contributed by atoms with E-state index in [0.717, 1.165) is 38.4 Å². The normalized spacial score (nSPS) is 16.1. The van der Waals surface area contributed by atoms with Gasteiger partial charge in [0, 0.05) is 59.6 Å². The Labute approximate surface area is 121 Å². The second kappa shape index (κ2) is 6.61. The molecule has 20 heavy (non-hydrogen) atoms. The molecule has 5 heteroatoms. The summed E-state index contributed by atoms with van der Waals surface area (Å²) in [5.74, 6) is 0. The van der Waals surface area contributed by atoms with Gasteiger partial charge in [-0.3, -0.25) is 4.90 Å². The molecule has 0 spiro atoms. The average Bonchev–Trinajstić information content (AvgIpc) is 2.47. The smallest absolute Gasteiger partial charge is 0.319 e. The van der Waals surface area contributed by atoms with Crippen LogP contribution in [0.15, 0.2) is 24.3 Å². The van der Waals surface area contributed by atoms with E-state index in [4.69, 9.17) is 0 Å². The van der Waals surface area contributed by atoms with Crippen molar-refractivity contribution in [1.82, 2.24) is 14.7 Å². The van der Waals surface area contributed by atoms with Crippen LogP contribution in [0.4, 0.5) is 10.5 Å². The fourth-order valence-corrected chi connectivity index (χ4v) is 2.46. The highest BCUT2D eigenvalue weighted by molar-refractivity contribution is 5.73. The predicted molar refractivity (Wildman–Crippen MR) is 81.9 cm³/mol. The van der Waals surface area contributed by atoms with E-state index < -0.39 is 0 Å². The average molecular weight is 276 g/mol. The highest BCUT2D eigenvalue weighted by Crippen LogP contribution is 2.13. The zero-order valence-electron chi connectivity index (χ0n) is 12.6. The molecule has 1 aliphatic heterocycles. The molecule has 1 aromatic carbocycles. The fourth-order valence-electron chi connectivity index (χ4n) is 2.46. The maximum Gasteiger partial charge on any atom is 0.319 e. The molecule has 2 amide bonds. The maximum atomic E-state index is 11.9. The Balaban J connectivity index is 1.86. The number of carbonyl (C=O) groups is 1. The number of hydrogen-bond acceptors (Lipinski definition) is 3. The van der Waals surface area contributed by atoms with Crippen molar-refractivity contribution in [2.45, 2.75) is 6.54 Å². The first-order chi connectivity index (χ1) is 9.60. The zero-order valence-corrected chi connectivity index (χ0v) is 12.6. The molecule has 0 bridgehead atoms. The van der Waals surface area contributed by atoms with Crippen molar-refractivity contribution in [1.29, 1.82) is 0 Å². The van der Waals surface area contributed by atoms with Gasteiger partial charge in [-0.2, -0.15) is 0 Å². The number of hydrogen-bond donors (Lipinski definition) is 1. The highest BCUT2D eigenvalue weighted by atomic mass is 16.2. The molecular weight excluding hydrogens is 252 g/mol. The molecule has 0 atom stereocenters. The first kappa shape index (κ1) is 14.7. The Morgan fingerprint density at radius 1 is 1.25 bits per heavy atom. The lowest BCUT2D eigenvalue weighted by molar-refractivity contribution is 0.120. The Kier molecular flexibility index (Phi) is 4.84. The predicted octanol–water partition coefficient (Wildman–Crippen LogP) is 1.53. The molecule has 0 saturated carbocycles. The molecule has 1 N–H and O–H groups in total. The summed E-state index contributed by atoms with van der Waals surface area (Å²) in [7, 11) is 5.54. The summed E-state index contributed by atoms with van der Waals surface area (Å²) in [5, 5.41) is 3.16. The minimum atomic E-state index is 0.113. The van der Waals surface area contributed by atoms with Gasteiger partial charge in [-0.05, 0) is 17.7 Å². The number of carbonyl (C=O) groups excluding carboxylic acids is 1. The van der Waals surface area contributed by atoms with Crippen LogP contribution in [0.5, 0.6) is 0 Å². The van der Waals surface area contributed by atoms with Gasteiger partial charge in [0.2, 0.25) is 0 Å². The number of nitrogens with zero attached hydrogens (tertiary/aromatic N) is 3. The number of amides is 2. The van der Waals surface area contributed by atoms with Crippen molar-refractivity contribution in [3.8, 4) is 0 Å². The van der Waals surface area contributed by atoms with Gasteiger partial charge >= 0.3 is 6.03 Å². The van der Waals surface area contributed by atoms with E-state index >= 15 is 0 Å². The number of rotatable bonds is 3. The van der Waals surface area contributed by atoms with Crippen LogP contribution >= 0.6 is 0 Å². The monoisotopic (exact) mass is 276 g/mol. The Hall–Kier alpha value is -1.75. The third-order valence-electron chi connectivity index (χ3n) is 3.65. The molecule has 1 saturated heterocycles. The largest absolute Gasteiger partial charge is 0.388 e. The molecule has 1 heterocycles. The van der Waals surface area contributed by atoms with Crippen molar-refractivity contribution in [2.24, 2.45) is 0 Å². The van der Waals surface area contributed by atoms with Gasteiger partial charge in [0.05, 0.1) is 0 Å². The van der Waals surface area contributed by atoms with Crippen LogP contribution in [0.1, 0.15) is 5.56 Å². The van der Waals surface area contributed by atoms with E-state index in [1.165, 1.54) is 5.56 Å². The van der Waals surface area contributed by atoms with Crippen molar-refractivity contribution in [2.75, 3.05) is 52.6 Å². The molecule has 1 fully saturated rings. The molecule has 5 nitrogen and oxygen atoms in total. The van der Waals surface area contributed by atoms with E-state index in [1.54, 1.807) is 19.0 Å². The van der Waals surface area contributed by atoms with Crippen LogP contribution in [0.3, 0.4) is 0 Å². The van der Waals surface area contributed by atoms with E-state index in [0.29, 0.717) is 0 Å². The van der Waals surface area contributed by atoms with Crippen LogP contribution in [-0.4, -0.2) is 68.1 Å². The molecule has 1 aliphatic rings. The highest BCUT2D eigenvalue weighted by Gasteiger charge is 2.21. The van der Waals surface area contributed by atoms with Crippen LogP contribution in [-0.2, 0) is 6.54 Å². The van der Waals surface area contributed by atoms with Crippen molar-refractivity contribution < 1.29 is 4.79 Å². The van der Waals surface area contributed by atoms with Crippen molar-refractivity contribution in [3.63, 3.8) is 0 Å². The SMILES string of the molecule is CNc1cccc(CN2CCN(C(=O)N(C)C)CC2)c1. The third kappa shape index (κ3) is 3.63. The van der Waals surface area contributed by atoms with Gasteiger partial charge < -0.3 is 15.1 Å². The molecule has 0 unspecified atom stereocenters. The van der Waals surface area contributed by atoms with Gasteiger partial charge in [-0.25, -0.2) is 4.79 Å². The van der Waals surface area contributed by atoms with Crippen LogP contribution in [0.2, 0.25) is 0 Å². The summed E-state index contributed by atoms with van der Waals surface area (Å²) in [5.41, 5.74) is 2.45. The van der Waals surface area contributed by atoms with Crippen LogP contribution in [0.25, 0.3) is 0 Å². The minimum absolute atomic E-state index is 0.113. The van der Waals surface area contributed by atoms with E-state index in [-0.39, 0.29) is 6.03 Å². The van der Waals surface area contributed by atoms with Crippen LogP contribution < -0.4 is 5.32 Å². The Morgan fingerprint density at radius 2 is 1.95 bits per heavy atom. The lowest BCUT2D eigenvalue weighted by Crippen LogP contribution is -2.51. The first-order valence-corrected chi connectivity index (χ1v) is 7.05. The Bertz CT molecular complexity index is 453. The minimum Gasteiger partial charge on any atom is -0.388 e. The number of benzene rings is 1. The zero-order chi connectivity index (χ0) is 14.5. The number of anilines is 1. The van der Waals surface area contributed by atoms with E-state index in [9.17, 15) is 4.79 Å². The van der Waals surface area contributed by atoms with Gasteiger partial charge in [0.1, 0.15) is 0 Å². The summed E-state index contributed by atoms with van der Waals surface area (Å²) in [6.07, 6.45) is 0. The second-order valence-electron chi connectivity index (χ2n) is 5.39. The molecule has 0 radical (unpaired) electrons. The summed E-state index contributed by atoms with van der Waals surface area (Å²) < 4.78 is 0. The molecule has 2 rings (SSSR count). The van der Waals surface area contributed by atoms with E-state index in [2.05, 4.69) is 34.5 Å². The van der Waals surface area contributed by atoms with E-state index in [1.807, 2.05) is 11.9 Å². The fraction of sp³-hybridized carbons (Fsp3) is 0.533. The molecule has 0 aliphatic carbocycles. The quantitative estimate of drug-likeness (QED) is 0.910. The molecule has 0 aromatic heterocycles. The molecule has 110 valence electrons. The van der Waals surface area contributed by atoms with Crippen molar-refractivity contribution in [3.05, 3.63) is 29.8 Å². The lowest BCUT2D eigenvalue weighted by atomic mass is 10.1. The lowest BCUT2D eigenvalue weighted by Gasteiger charge is -2.36. The summed E-state index contributed by atoms with van der Waals surface area (Å²) in [4.78, 5) is 17.8. The second-order valence-corrected chi connectivity index (χ2v) is 5.39. The van der Waals surface area contributed by atoms with Gasteiger partial charge in [0.15, 0.2) is 0 Å². The number of nitrogens with one attached hydrogen (secondary N) is 1. The number of piperazine rings is 1. The summed E-state index contributed by atoms with van der Waals surface area (Å²) in [6, 6.07) is 8.58. The van der Waals surface area contributed by atoms with Crippen LogP contribution in [0, 0.1) is 0 Å². The molecule has 1 aromatic rings. The third-order valence-corrected chi connectivity index (χ3v) is 3.65. The summed E-state index contributed by atoms with van der Waals surface area (Å²) in [6.45, 7) is 4.43. The topological polar surface area (TPSA) is 38.8 Å². The van der Waals surface area contributed by atoms with Crippen molar-refractivity contribution >= 4 is 11.7 Å². The Morgan fingerprint density at radius 3 is 2.55 bits per heavy atom. The summed E-state index contributed by atoms with van der Waals surface area (Å²) >= 11 is 0.